The van der Waals surface area contributed by atoms with Crippen LogP contribution in [0.25, 0.3) is 0 Å². The normalized spacial score (nSPS) is 16.9. The van der Waals surface area contributed by atoms with Gasteiger partial charge in [0.2, 0.25) is 5.91 Å². The first-order chi connectivity index (χ1) is 10.4. The molecule has 118 valence electrons. The summed E-state index contributed by atoms with van der Waals surface area (Å²) >= 11 is 0. The summed E-state index contributed by atoms with van der Waals surface area (Å²) in [4.78, 5) is 16.8. The minimum atomic E-state index is -0.303. The molecule has 4 heteroatoms. The van der Waals surface area contributed by atoms with Crippen molar-refractivity contribution in [2.75, 3.05) is 26.2 Å². The Bertz CT molecular complexity index is 551. The third kappa shape index (κ3) is 4.32. The van der Waals surface area contributed by atoms with E-state index < -0.39 is 0 Å². The van der Waals surface area contributed by atoms with Gasteiger partial charge in [-0.05, 0) is 24.1 Å². The van der Waals surface area contributed by atoms with E-state index in [0.29, 0.717) is 5.56 Å². The summed E-state index contributed by atoms with van der Waals surface area (Å²) in [5.41, 5.74) is 1.61. The van der Waals surface area contributed by atoms with Gasteiger partial charge in [0.05, 0.1) is 11.6 Å². The Morgan fingerprint density at radius 2 is 1.82 bits per heavy atom. The van der Waals surface area contributed by atoms with Gasteiger partial charge in [-0.25, -0.2) is 0 Å². The smallest absolute Gasteiger partial charge is 0.227 e. The van der Waals surface area contributed by atoms with Crippen LogP contribution in [0, 0.1) is 16.7 Å². The molecule has 0 bridgehead atoms. The van der Waals surface area contributed by atoms with Crippen molar-refractivity contribution in [3.8, 4) is 6.07 Å². The first kappa shape index (κ1) is 16.5. The zero-order valence-corrected chi connectivity index (χ0v) is 13.8. The molecule has 1 heterocycles. The number of hydrogen-bond donors (Lipinski definition) is 0. The highest BCUT2D eigenvalue weighted by molar-refractivity contribution is 5.81. The fourth-order valence-electron chi connectivity index (χ4n) is 2.75. The van der Waals surface area contributed by atoms with E-state index >= 15 is 0 Å². The van der Waals surface area contributed by atoms with Gasteiger partial charge in [-0.2, -0.15) is 5.26 Å². The number of nitrogens with zero attached hydrogens (tertiary/aromatic N) is 3. The van der Waals surface area contributed by atoms with Gasteiger partial charge < -0.3 is 4.90 Å². The standard InChI is InChI=1S/C18H25N3O/c1-18(2,3)17(22)21-10-4-9-20(11-12-21)14-16-7-5-15(13-19)6-8-16/h5-8H,4,9-12,14H2,1-3H3. The van der Waals surface area contributed by atoms with Gasteiger partial charge in [0.25, 0.3) is 0 Å². The lowest BCUT2D eigenvalue weighted by Crippen LogP contribution is -2.41. The zero-order valence-electron chi connectivity index (χ0n) is 13.8. The zero-order chi connectivity index (χ0) is 16.2. The summed E-state index contributed by atoms with van der Waals surface area (Å²) in [6.07, 6.45) is 1.01. The molecule has 22 heavy (non-hydrogen) atoms. The van der Waals surface area contributed by atoms with E-state index in [4.69, 9.17) is 5.26 Å². The lowest BCUT2D eigenvalue weighted by atomic mass is 9.94. The van der Waals surface area contributed by atoms with Crippen molar-refractivity contribution in [2.45, 2.75) is 33.7 Å². The highest BCUT2D eigenvalue weighted by atomic mass is 16.2. The van der Waals surface area contributed by atoms with Crippen LogP contribution in [0.4, 0.5) is 0 Å². The molecule has 4 nitrogen and oxygen atoms in total. The first-order valence-corrected chi connectivity index (χ1v) is 7.91. The molecule has 0 N–H and O–H groups in total. The second-order valence-electron chi connectivity index (χ2n) is 6.98. The van der Waals surface area contributed by atoms with Crippen LogP contribution in [0.3, 0.4) is 0 Å². The minimum absolute atomic E-state index is 0.243. The summed E-state index contributed by atoms with van der Waals surface area (Å²) in [6.45, 7) is 10.4. The summed E-state index contributed by atoms with van der Waals surface area (Å²) in [7, 11) is 0. The molecule has 0 atom stereocenters. The van der Waals surface area contributed by atoms with Crippen molar-refractivity contribution in [3.63, 3.8) is 0 Å². The largest absolute Gasteiger partial charge is 0.341 e. The van der Waals surface area contributed by atoms with E-state index in [1.165, 1.54) is 5.56 Å². The third-order valence-electron chi connectivity index (χ3n) is 4.01. The summed E-state index contributed by atoms with van der Waals surface area (Å²) < 4.78 is 0. The monoisotopic (exact) mass is 299 g/mol. The van der Waals surface area contributed by atoms with Crippen LogP contribution in [0.1, 0.15) is 38.3 Å². The molecule has 1 aliphatic rings. The molecule has 1 aromatic rings. The van der Waals surface area contributed by atoms with Crippen LogP contribution < -0.4 is 0 Å². The average Bonchev–Trinajstić information content (AvgIpc) is 2.72. The van der Waals surface area contributed by atoms with E-state index in [2.05, 4.69) is 11.0 Å². The molecule has 0 saturated carbocycles. The van der Waals surface area contributed by atoms with Crippen LogP contribution in [-0.2, 0) is 11.3 Å². The summed E-state index contributed by atoms with van der Waals surface area (Å²) in [5, 5.41) is 8.84. The maximum Gasteiger partial charge on any atom is 0.227 e. The van der Waals surface area contributed by atoms with Crippen LogP contribution >= 0.6 is 0 Å². The predicted octanol–water partition coefficient (Wildman–Crippen LogP) is 2.64. The number of amides is 1. The lowest BCUT2D eigenvalue weighted by Gasteiger charge is -2.28. The minimum Gasteiger partial charge on any atom is -0.341 e. The summed E-state index contributed by atoms with van der Waals surface area (Å²) in [6, 6.07) is 9.90. The molecule has 1 saturated heterocycles. The van der Waals surface area contributed by atoms with E-state index in [9.17, 15) is 4.79 Å². The molecule has 0 aliphatic carbocycles. The van der Waals surface area contributed by atoms with Gasteiger partial charge in [0.1, 0.15) is 0 Å². The molecule has 1 fully saturated rings. The van der Waals surface area contributed by atoms with E-state index in [1.807, 2.05) is 49.9 Å². The Morgan fingerprint density at radius 1 is 1.14 bits per heavy atom. The molecule has 0 spiro atoms. The highest BCUT2D eigenvalue weighted by Crippen LogP contribution is 2.19. The van der Waals surface area contributed by atoms with Gasteiger partial charge in [-0.1, -0.05) is 32.9 Å². The van der Waals surface area contributed by atoms with Crippen molar-refractivity contribution in [1.82, 2.24) is 9.80 Å². The Balaban J connectivity index is 1.93. The number of nitriles is 1. The van der Waals surface area contributed by atoms with E-state index in [1.54, 1.807) is 0 Å². The predicted molar refractivity (Wildman–Crippen MR) is 87.1 cm³/mol. The fourth-order valence-corrected chi connectivity index (χ4v) is 2.75. The second kappa shape index (κ2) is 6.93. The SMILES string of the molecule is CC(C)(C)C(=O)N1CCCN(Cc2ccc(C#N)cc2)CC1. The Labute approximate surface area is 133 Å². The fraction of sp³-hybridized carbons (Fsp3) is 0.556. The molecular weight excluding hydrogens is 274 g/mol. The van der Waals surface area contributed by atoms with Crippen LogP contribution in [-0.4, -0.2) is 41.9 Å². The Hall–Kier alpha value is -1.86. The molecular formula is C18H25N3O. The van der Waals surface area contributed by atoms with Gasteiger partial charge in [-0.3, -0.25) is 9.69 Å². The van der Waals surface area contributed by atoms with Gasteiger partial charge >= 0.3 is 0 Å². The molecule has 0 unspecified atom stereocenters. The van der Waals surface area contributed by atoms with E-state index in [0.717, 1.165) is 39.1 Å². The molecule has 0 aromatic heterocycles. The van der Waals surface area contributed by atoms with Crippen LogP contribution in [0.2, 0.25) is 0 Å². The second-order valence-corrected chi connectivity index (χ2v) is 6.98. The third-order valence-corrected chi connectivity index (χ3v) is 4.01. The lowest BCUT2D eigenvalue weighted by molar-refractivity contribution is -0.139. The van der Waals surface area contributed by atoms with Crippen LogP contribution in [0.15, 0.2) is 24.3 Å². The Morgan fingerprint density at radius 3 is 2.41 bits per heavy atom. The molecule has 1 aromatic carbocycles. The van der Waals surface area contributed by atoms with Crippen molar-refractivity contribution in [1.29, 1.82) is 5.26 Å². The van der Waals surface area contributed by atoms with E-state index in [-0.39, 0.29) is 11.3 Å². The molecule has 1 aliphatic heterocycles. The molecule has 2 rings (SSSR count). The number of hydrogen-bond acceptors (Lipinski definition) is 3. The van der Waals surface area contributed by atoms with Gasteiger partial charge in [0.15, 0.2) is 0 Å². The molecule has 1 amide bonds. The first-order valence-electron chi connectivity index (χ1n) is 7.91. The van der Waals surface area contributed by atoms with Gasteiger partial charge in [-0.15, -0.1) is 0 Å². The number of rotatable bonds is 2. The number of carbonyl (C=O) groups excluding carboxylic acids is 1. The van der Waals surface area contributed by atoms with Crippen molar-refractivity contribution < 1.29 is 4.79 Å². The van der Waals surface area contributed by atoms with Crippen molar-refractivity contribution in [3.05, 3.63) is 35.4 Å². The maximum absolute atomic E-state index is 12.4. The molecule has 0 radical (unpaired) electrons. The maximum atomic E-state index is 12.4. The Kier molecular flexibility index (Phi) is 5.20. The quantitative estimate of drug-likeness (QED) is 0.843. The van der Waals surface area contributed by atoms with Crippen LogP contribution in [0.5, 0.6) is 0 Å². The number of benzene rings is 1. The topological polar surface area (TPSA) is 47.3 Å². The number of carbonyl (C=O) groups is 1. The summed E-state index contributed by atoms with van der Waals surface area (Å²) in [5.74, 6) is 0.243. The van der Waals surface area contributed by atoms with Gasteiger partial charge in [0, 0.05) is 38.1 Å². The van der Waals surface area contributed by atoms with Crippen molar-refractivity contribution in [2.24, 2.45) is 5.41 Å². The van der Waals surface area contributed by atoms with Crippen molar-refractivity contribution >= 4 is 5.91 Å². The average molecular weight is 299 g/mol. The highest BCUT2D eigenvalue weighted by Gasteiger charge is 2.28.